The van der Waals surface area contributed by atoms with Crippen molar-refractivity contribution in [2.75, 3.05) is 13.7 Å². The summed E-state index contributed by atoms with van der Waals surface area (Å²) in [5.41, 5.74) is -1.25. The average Bonchev–Trinajstić information content (AvgIpc) is 3.08. The molecule has 3 fully saturated rings. The molecule has 1 unspecified atom stereocenters. The van der Waals surface area contributed by atoms with Gasteiger partial charge < -0.3 is 15.0 Å². The molecule has 118 valence electrons. The minimum Gasteiger partial charge on any atom is -0.383 e. The number of piperazine rings is 1. The molecule has 2 amide bonds. The molecule has 3 rings (SSSR count). The maximum atomic E-state index is 13.2. The quantitative estimate of drug-likeness (QED) is 0.860. The van der Waals surface area contributed by atoms with Gasteiger partial charge in [0.15, 0.2) is 0 Å². The maximum Gasteiger partial charge on any atom is 0.249 e. The highest BCUT2D eigenvalue weighted by Gasteiger charge is 2.60. The highest BCUT2D eigenvalue weighted by atomic mass is 16.5. The van der Waals surface area contributed by atoms with Crippen LogP contribution < -0.4 is 5.32 Å². The first-order chi connectivity index (χ1) is 10.1. The van der Waals surface area contributed by atoms with Gasteiger partial charge in [0.2, 0.25) is 11.8 Å². The molecule has 5 heteroatoms. The summed E-state index contributed by atoms with van der Waals surface area (Å²) in [6, 6.07) is -0.0517. The standard InChI is InChI=1S/C16H26N2O3/c1-12(11-21-2)18-14(20)15(7-3-4-8-15)17-13(19)16(18)9-5-6-10-16/h12H,3-11H2,1-2H3,(H,17,19). The summed E-state index contributed by atoms with van der Waals surface area (Å²) in [4.78, 5) is 28.0. The SMILES string of the molecule is COCC(C)N1C(=O)C2(CCCC2)NC(=O)C12CCCC2. The van der Waals surface area contributed by atoms with Gasteiger partial charge in [-0.25, -0.2) is 0 Å². The number of carbonyl (C=O) groups is 2. The first-order valence-corrected chi connectivity index (χ1v) is 8.21. The Kier molecular flexibility index (Phi) is 3.72. The molecule has 0 bridgehead atoms. The van der Waals surface area contributed by atoms with Crippen molar-refractivity contribution in [1.82, 2.24) is 10.2 Å². The predicted octanol–water partition coefficient (Wildman–Crippen LogP) is 1.61. The van der Waals surface area contributed by atoms with Crippen LogP contribution >= 0.6 is 0 Å². The molecule has 2 spiro atoms. The van der Waals surface area contributed by atoms with Gasteiger partial charge in [-0.15, -0.1) is 0 Å². The Morgan fingerprint density at radius 1 is 1.14 bits per heavy atom. The molecule has 2 saturated carbocycles. The second-order valence-electron chi connectivity index (χ2n) is 6.96. The van der Waals surface area contributed by atoms with Crippen molar-refractivity contribution in [2.45, 2.75) is 75.4 Å². The number of carbonyl (C=O) groups excluding carboxylic acids is 2. The third-order valence-electron chi connectivity index (χ3n) is 5.60. The van der Waals surface area contributed by atoms with Crippen LogP contribution in [0, 0.1) is 0 Å². The molecule has 5 nitrogen and oxygen atoms in total. The Hall–Kier alpha value is -1.10. The molecule has 0 radical (unpaired) electrons. The molecule has 1 N–H and O–H groups in total. The van der Waals surface area contributed by atoms with Gasteiger partial charge in [0.1, 0.15) is 11.1 Å². The zero-order chi connectivity index (χ0) is 15.1. The molecule has 0 aromatic heterocycles. The van der Waals surface area contributed by atoms with Crippen molar-refractivity contribution >= 4 is 11.8 Å². The maximum absolute atomic E-state index is 13.2. The molecule has 1 heterocycles. The van der Waals surface area contributed by atoms with Gasteiger partial charge in [-0.1, -0.05) is 25.7 Å². The number of rotatable bonds is 3. The van der Waals surface area contributed by atoms with E-state index in [0.29, 0.717) is 6.61 Å². The van der Waals surface area contributed by atoms with Crippen LogP contribution in [-0.2, 0) is 14.3 Å². The third-order valence-corrected chi connectivity index (χ3v) is 5.60. The van der Waals surface area contributed by atoms with Crippen LogP contribution in [0.1, 0.15) is 58.3 Å². The van der Waals surface area contributed by atoms with E-state index in [0.717, 1.165) is 51.4 Å². The summed E-state index contributed by atoms with van der Waals surface area (Å²) < 4.78 is 5.27. The van der Waals surface area contributed by atoms with Gasteiger partial charge in [0.05, 0.1) is 12.6 Å². The number of nitrogens with zero attached hydrogens (tertiary/aromatic N) is 1. The molecule has 2 aliphatic carbocycles. The van der Waals surface area contributed by atoms with Crippen LogP contribution in [0.5, 0.6) is 0 Å². The fraction of sp³-hybridized carbons (Fsp3) is 0.875. The van der Waals surface area contributed by atoms with Gasteiger partial charge >= 0.3 is 0 Å². The van der Waals surface area contributed by atoms with Gasteiger partial charge in [0, 0.05) is 7.11 Å². The van der Waals surface area contributed by atoms with E-state index in [9.17, 15) is 9.59 Å². The second-order valence-corrected chi connectivity index (χ2v) is 6.96. The van der Waals surface area contributed by atoms with Crippen molar-refractivity contribution in [3.05, 3.63) is 0 Å². The Morgan fingerprint density at radius 2 is 1.71 bits per heavy atom. The zero-order valence-electron chi connectivity index (χ0n) is 13.1. The van der Waals surface area contributed by atoms with Crippen molar-refractivity contribution in [2.24, 2.45) is 0 Å². The smallest absolute Gasteiger partial charge is 0.249 e. The summed E-state index contributed by atoms with van der Waals surface area (Å²) in [5.74, 6) is 0.204. The zero-order valence-corrected chi connectivity index (χ0v) is 13.1. The predicted molar refractivity (Wildman–Crippen MR) is 78.7 cm³/mol. The number of amides is 2. The fourth-order valence-corrected chi connectivity index (χ4v) is 4.60. The third kappa shape index (κ3) is 2.08. The van der Waals surface area contributed by atoms with Crippen molar-refractivity contribution in [3.8, 4) is 0 Å². The van der Waals surface area contributed by atoms with E-state index >= 15 is 0 Å². The lowest BCUT2D eigenvalue weighted by atomic mass is 9.81. The molecule has 1 aliphatic heterocycles. The normalized spacial score (nSPS) is 28.4. The van der Waals surface area contributed by atoms with E-state index in [4.69, 9.17) is 4.74 Å². The Labute approximate surface area is 126 Å². The van der Waals surface area contributed by atoms with E-state index in [2.05, 4.69) is 5.32 Å². The summed E-state index contributed by atoms with van der Waals surface area (Å²) in [5, 5.41) is 3.13. The largest absolute Gasteiger partial charge is 0.383 e. The molecule has 1 saturated heterocycles. The van der Waals surface area contributed by atoms with E-state index in [1.54, 1.807) is 7.11 Å². The Balaban J connectivity index is 1.98. The minimum atomic E-state index is -0.632. The van der Waals surface area contributed by atoms with E-state index in [1.807, 2.05) is 11.8 Å². The summed E-state index contributed by atoms with van der Waals surface area (Å²) in [6.45, 7) is 2.49. The van der Waals surface area contributed by atoms with Crippen LogP contribution in [0.2, 0.25) is 0 Å². The van der Waals surface area contributed by atoms with Crippen LogP contribution in [0.4, 0.5) is 0 Å². The van der Waals surface area contributed by atoms with Crippen molar-refractivity contribution in [3.63, 3.8) is 0 Å². The summed E-state index contributed by atoms with van der Waals surface area (Å²) in [6.07, 6.45) is 7.21. The van der Waals surface area contributed by atoms with E-state index < -0.39 is 11.1 Å². The van der Waals surface area contributed by atoms with Crippen molar-refractivity contribution < 1.29 is 14.3 Å². The Bertz CT molecular complexity index is 437. The van der Waals surface area contributed by atoms with E-state index in [1.165, 1.54) is 0 Å². The van der Waals surface area contributed by atoms with Crippen LogP contribution in [0.15, 0.2) is 0 Å². The van der Waals surface area contributed by atoms with Crippen LogP contribution in [0.3, 0.4) is 0 Å². The van der Waals surface area contributed by atoms with Crippen molar-refractivity contribution in [1.29, 1.82) is 0 Å². The monoisotopic (exact) mass is 294 g/mol. The molecular weight excluding hydrogens is 268 g/mol. The lowest BCUT2D eigenvalue weighted by Crippen LogP contribution is -2.76. The first kappa shape index (κ1) is 14.8. The number of hydrogen-bond acceptors (Lipinski definition) is 3. The van der Waals surface area contributed by atoms with Crippen LogP contribution in [0.25, 0.3) is 0 Å². The number of hydrogen-bond donors (Lipinski definition) is 1. The van der Waals surface area contributed by atoms with Crippen LogP contribution in [-0.4, -0.2) is 47.6 Å². The number of methoxy groups -OCH3 is 1. The second kappa shape index (κ2) is 5.27. The molecule has 21 heavy (non-hydrogen) atoms. The molecule has 1 atom stereocenters. The van der Waals surface area contributed by atoms with Gasteiger partial charge in [0.25, 0.3) is 0 Å². The molecule has 0 aromatic rings. The lowest BCUT2D eigenvalue weighted by molar-refractivity contribution is -0.167. The van der Waals surface area contributed by atoms with Gasteiger partial charge in [-0.2, -0.15) is 0 Å². The van der Waals surface area contributed by atoms with E-state index in [-0.39, 0.29) is 17.9 Å². The summed E-state index contributed by atoms with van der Waals surface area (Å²) in [7, 11) is 1.65. The van der Waals surface area contributed by atoms with Gasteiger partial charge in [-0.3, -0.25) is 9.59 Å². The topological polar surface area (TPSA) is 58.6 Å². The fourth-order valence-electron chi connectivity index (χ4n) is 4.60. The lowest BCUT2D eigenvalue weighted by Gasteiger charge is -2.52. The molecule has 3 aliphatic rings. The minimum absolute atomic E-state index is 0.0517. The van der Waals surface area contributed by atoms with Gasteiger partial charge in [-0.05, 0) is 32.6 Å². The average molecular weight is 294 g/mol. The molecular formula is C16H26N2O3. The number of nitrogens with one attached hydrogen (secondary N) is 1. The highest BCUT2D eigenvalue weighted by molar-refractivity contribution is 6.02. The number of ether oxygens (including phenoxy) is 1. The summed E-state index contributed by atoms with van der Waals surface area (Å²) >= 11 is 0. The molecule has 0 aromatic carbocycles. The first-order valence-electron chi connectivity index (χ1n) is 8.21. The highest BCUT2D eigenvalue weighted by Crippen LogP contribution is 2.44. The Morgan fingerprint density at radius 3 is 2.29 bits per heavy atom.